The highest BCUT2D eigenvalue weighted by Gasteiger charge is 2.26. The Hall–Kier alpha value is -1.40. The van der Waals surface area contributed by atoms with Crippen LogP contribution in [-0.2, 0) is 21.9 Å². The maximum Gasteiger partial charge on any atom is 0.242 e. The molecule has 0 spiro atoms. The van der Waals surface area contributed by atoms with Crippen molar-refractivity contribution in [3.8, 4) is 0 Å². The van der Waals surface area contributed by atoms with E-state index in [4.69, 9.17) is 34.8 Å². The molecule has 4 nitrogen and oxygen atoms in total. The largest absolute Gasteiger partial charge is 0.352 e. The highest BCUT2D eigenvalue weighted by Crippen LogP contribution is 2.24. The molecule has 0 aromatic heterocycles. The zero-order valence-electron chi connectivity index (χ0n) is 17.1. The third-order valence-corrected chi connectivity index (χ3v) is 6.32. The third kappa shape index (κ3) is 7.69. The first-order valence-corrected chi connectivity index (χ1v) is 11.8. The van der Waals surface area contributed by atoms with Crippen molar-refractivity contribution < 1.29 is 9.59 Å². The van der Waals surface area contributed by atoms with Crippen LogP contribution in [0.1, 0.15) is 31.9 Å². The summed E-state index contributed by atoms with van der Waals surface area (Å²) in [5, 5.41) is 4.41. The van der Waals surface area contributed by atoms with Gasteiger partial charge in [-0.1, -0.05) is 53.0 Å². The molecule has 162 valence electrons. The van der Waals surface area contributed by atoms with Crippen molar-refractivity contribution in [3.63, 3.8) is 0 Å². The molecule has 0 aliphatic carbocycles. The SMILES string of the molecule is CC(C)NC(=O)[C@H](C)N(Cc1ccc(Cl)c(Cl)c1)C(=O)CSCc1ccc(Cl)cc1. The molecule has 30 heavy (non-hydrogen) atoms. The van der Waals surface area contributed by atoms with Crippen molar-refractivity contribution in [1.29, 1.82) is 0 Å². The van der Waals surface area contributed by atoms with E-state index in [2.05, 4.69) is 5.32 Å². The fourth-order valence-electron chi connectivity index (χ4n) is 2.74. The first-order chi connectivity index (χ1) is 14.2. The average Bonchev–Trinajstić information content (AvgIpc) is 2.69. The quantitative estimate of drug-likeness (QED) is 0.485. The molecule has 8 heteroatoms. The number of carbonyl (C=O) groups excluding carboxylic acids is 2. The van der Waals surface area contributed by atoms with Crippen LogP contribution in [0.25, 0.3) is 0 Å². The Morgan fingerprint density at radius 3 is 2.20 bits per heavy atom. The molecule has 0 aliphatic rings. The van der Waals surface area contributed by atoms with Crippen molar-refractivity contribution in [2.45, 2.75) is 45.2 Å². The first kappa shape index (κ1) is 24.9. The van der Waals surface area contributed by atoms with Crippen LogP contribution < -0.4 is 5.32 Å². The number of rotatable bonds is 9. The van der Waals surface area contributed by atoms with Crippen molar-refractivity contribution in [3.05, 3.63) is 68.7 Å². The Morgan fingerprint density at radius 2 is 1.60 bits per heavy atom. The molecule has 0 aliphatic heterocycles. The topological polar surface area (TPSA) is 49.4 Å². The summed E-state index contributed by atoms with van der Waals surface area (Å²) in [5.74, 6) is 0.617. The molecule has 1 atom stereocenters. The van der Waals surface area contributed by atoms with Crippen LogP contribution in [0.4, 0.5) is 0 Å². The summed E-state index contributed by atoms with van der Waals surface area (Å²) in [6.07, 6.45) is 0. The lowest BCUT2D eigenvalue weighted by molar-refractivity contribution is -0.138. The Bertz CT molecular complexity index is 875. The number of nitrogens with one attached hydrogen (secondary N) is 1. The van der Waals surface area contributed by atoms with Crippen molar-refractivity contribution in [1.82, 2.24) is 10.2 Å². The van der Waals surface area contributed by atoms with Crippen LogP contribution in [-0.4, -0.2) is 34.6 Å². The van der Waals surface area contributed by atoms with Gasteiger partial charge in [-0.3, -0.25) is 9.59 Å². The summed E-state index contributed by atoms with van der Waals surface area (Å²) < 4.78 is 0. The van der Waals surface area contributed by atoms with Gasteiger partial charge in [0.2, 0.25) is 11.8 Å². The number of hydrogen-bond donors (Lipinski definition) is 1. The number of benzene rings is 2. The van der Waals surface area contributed by atoms with Gasteiger partial charge in [0.25, 0.3) is 0 Å². The summed E-state index contributed by atoms with van der Waals surface area (Å²) in [6, 6.07) is 12.1. The molecule has 0 fully saturated rings. The lowest BCUT2D eigenvalue weighted by atomic mass is 10.1. The minimum atomic E-state index is -0.620. The third-order valence-electron chi connectivity index (χ3n) is 4.34. The van der Waals surface area contributed by atoms with Gasteiger partial charge in [-0.2, -0.15) is 0 Å². The molecule has 0 saturated carbocycles. The van der Waals surface area contributed by atoms with E-state index in [0.717, 1.165) is 11.1 Å². The number of hydrogen-bond acceptors (Lipinski definition) is 3. The van der Waals surface area contributed by atoms with E-state index in [1.807, 2.05) is 44.2 Å². The number of halogens is 3. The summed E-state index contributed by atoms with van der Waals surface area (Å²) in [6.45, 7) is 5.77. The van der Waals surface area contributed by atoms with E-state index < -0.39 is 6.04 Å². The molecular weight excluding hydrogens is 463 g/mol. The summed E-state index contributed by atoms with van der Waals surface area (Å²) in [4.78, 5) is 27.2. The lowest BCUT2D eigenvalue weighted by Gasteiger charge is -2.29. The van der Waals surface area contributed by atoms with Crippen LogP contribution in [0.15, 0.2) is 42.5 Å². The molecule has 0 heterocycles. The smallest absolute Gasteiger partial charge is 0.242 e. The van der Waals surface area contributed by atoms with Gasteiger partial charge < -0.3 is 10.2 Å². The highest BCUT2D eigenvalue weighted by molar-refractivity contribution is 7.99. The van der Waals surface area contributed by atoms with E-state index >= 15 is 0 Å². The second-order valence-electron chi connectivity index (χ2n) is 7.23. The van der Waals surface area contributed by atoms with Crippen molar-refractivity contribution in [2.75, 3.05) is 5.75 Å². The summed E-state index contributed by atoms with van der Waals surface area (Å²) in [7, 11) is 0. The monoisotopic (exact) mass is 486 g/mol. The molecule has 2 rings (SSSR count). The van der Waals surface area contributed by atoms with Crippen LogP contribution in [0.5, 0.6) is 0 Å². The summed E-state index contributed by atoms with van der Waals surface area (Å²) in [5.41, 5.74) is 1.89. The van der Waals surface area contributed by atoms with Crippen LogP contribution in [0, 0.1) is 0 Å². The predicted octanol–water partition coefficient (Wildman–Crippen LogP) is 5.82. The van der Waals surface area contributed by atoms with Gasteiger partial charge in [0.15, 0.2) is 0 Å². The molecule has 0 radical (unpaired) electrons. The second kappa shape index (κ2) is 11.8. The van der Waals surface area contributed by atoms with Crippen molar-refractivity contribution >= 4 is 58.4 Å². The minimum absolute atomic E-state index is 0.0128. The van der Waals surface area contributed by atoms with Crippen LogP contribution in [0.2, 0.25) is 15.1 Å². The molecular formula is C22H25Cl3N2O2S. The Labute approximate surface area is 197 Å². The maximum atomic E-state index is 13.0. The molecule has 2 amide bonds. The normalized spacial score (nSPS) is 12.0. The van der Waals surface area contributed by atoms with Crippen LogP contribution >= 0.6 is 46.6 Å². The Morgan fingerprint density at radius 1 is 0.967 bits per heavy atom. The van der Waals surface area contributed by atoms with Crippen LogP contribution in [0.3, 0.4) is 0 Å². The highest BCUT2D eigenvalue weighted by atomic mass is 35.5. The lowest BCUT2D eigenvalue weighted by Crippen LogP contribution is -2.49. The number of amides is 2. The Balaban J connectivity index is 2.09. The fraction of sp³-hybridized carbons (Fsp3) is 0.364. The minimum Gasteiger partial charge on any atom is -0.352 e. The summed E-state index contributed by atoms with van der Waals surface area (Å²) >= 11 is 19.5. The molecule has 0 bridgehead atoms. The van der Waals surface area contributed by atoms with E-state index in [1.165, 1.54) is 11.8 Å². The standard InChI is InChI=1S/C22H25Cl3N2O2S/c1-14(2)26-22(29)15(3)27(11-17-6-9-19(24)20(25)10-17)21(28)13-30-12-16-4-7-18(23)8-5-16/h4-10,14-15H,11-13H2,1-3H3,(H,26,29)/t15-/m0/s1. The van der Waals surface area contributed by atoms with Gasteiger partial charge >= 0.3 is 0 Å². The first-order valence-electron chi connectivity index (χ1n) is 9.53. The molecule has 1 N–H and O–H groups in total. The van der Waals surface area contributed by atoms with E-state index in [9.17, 15) is 9.59 Å². The zero-order chi connectivity index (χ0) is 22.3. The van der Waals surface area contributed by atoms with Gasteiger partial charge in [-0.05, 0) is 56.2 Å². The van der Waals surface area contributed by atoms with Crippen molar-refractivity contribution in [2.24, 2.45) is 0 Å². The maximum absolute atomic E-state index is 13.0. The number of carbonyl (C=O) groups is 2. The van der Waals surface area contributed by atoms with Gasteiger partial charge in [0.05, 0.1) is 15.8 Å². The second-order valence-corrected chi connectivity index (χ2v) is 9.47. The van der Waals surface area contributed by atoms with E-state index in [0.29, 0.717) is 20.8 Å². The Kier molecular flexibility index (Phi) is 9.82. The molecule has 2 aromatic carbocycles. The molecule has 2 aromatic rings. The molecule has 0 saturated heterocycles. The molecule has 0 unspecified atom stereocenters. The average molecular weight is 488 g/mol. The number of nitrogens with zero attached hydrogens (tertiary/aromatic N) is 1. The van der Waals surface area contributed by atoms with Gasteiger partial charge in [-0.15, -0.1) is 11.8 Å². The van der Waals surface area contributed by atoms with Gasteiger partial charge in [0, 0.05) is 23.4 Å². The van der Waals surface area contributed by atoms with Gasteiger partial charge in [0.1, 0.15) is 6.04 Å². The number of thioether (sulfide) groups is 1. The fourth-order valence-corrected chi connectivity index (χ4v) is 4.06. The zero-order valence-corrected chi connectivity index (χ0v) is 20.2. The van der Waals surface area contributed by atoms with E-state index in [1.54, 1.807) is 24.0 Å². The van der Waals surface area contributed by atoms with Gasteiger partial charge in [-0.25, -0.2) is 0 Å². The van der Waals surface area contributed by atoms with E-state index in [-0.39, 0.29) is 30.2 Å². The predicted molar refractivity (Wildman–Crippen MR) is 127 cm³/mol.